The minimum absolute atomic E-state index is 0.147. The average molecular weight is 508 g/mol. The molecule has 2 heterocycles. The van der Waals surface area contributed by atoms with E-state index in [1.54, 1.807) is 12.1 Å². The third-order valence-electron chi connectivity index (χ3n) is 5.60. The average Bonchev–Trinajstić information content (AvgIpc) is 3.43. The molecule has 33 heavy (non-hydrogen) atoms. The lowest BCUT2D eigenvalue weighted by Crippen LogP contribution is -2.38. The van der Waals surface area contributed by atoms with E-state index in [0.717, 1.165) is 29.4 Å². The molecule has 3 aromatic rings. The number of nitrogens with zero attached hydrogens (tertiary/aromatic N) is 3. The Hall–Kier alpha value is -2.44. The van der Waals surface area contributed by atoms with E-state index < -0.39 is 10.0 Å². The van der Waals surface area contributed by atoms with Crippen molar-refractivity contribution >= 4 is 44.1 Å². The molecular weight excluding hydrogens is 485 g/mol. The van der Waals surface area contributed by atoms with Gasteiger partial charge in [0.15, 0.2) is 5.75 Å². The molecule has 0 saturated carbocycles. The fourth-order valence-corrected chi connectivity index (χ4v) is 5.64. The molecule has 7 nitrogen and oxygen atoms in total. The third kappa shape index (κ3) is 5.07. The van der Waals surface area contributed by atoms with Crippen molar-refractivity contribution in [3.05, 3.63) is 53.2 Å². The molecule has 1 atom stereocenters. The smallest absolute Gasteiger partial charge is 0.211 e. The number of aromatic nitrogens is 1. The van der Waals surface area contributed by atoms with Crippen LogP contribution in [-0.2, 0) is 10.0 Å². The highest BCUT2D eigenvalue weighted by atomic mass is 35.5. The van der Waals surface area contributed by atoms with Crippen LogP contribution in [0.3, 0.4) is 0 Å². The van der Waals surface area contributed by atoms with E-state index in [0.29, 0.717) is 41.1 Å². The van der Waals surface area contributed by atoms with Gasteiger partial charge in [-0.1, -0.05) is 11.6 Å². The Bertz CT molecular complexity index is 1320. The fraction of sp³-hybridized carbons (Fsp3) is 0.348. The lowest BCUT2D eigenvalue weighted by Gasteiger charge is -2.22. The van der Waals surface area contributed by atoms with E-state index in [1.807, 2.05) is 35.0 Å². The number of nitriles is 1. The number of alkyl halides is 1. The van der Waals surface area contributed by atoms with Crippen molar-refractivity contribution in [1.29, 1.82) is 5.26 Å². The quantitative estimate of drug-likeness (QED) is 0.416. The maximum atomic E-state index is 11.9. The summed E-state index contributed by atoms with van der Waals surface area (Å²) in [5.74, 6) is 1.29. The maximum Gasteiger partial charge on any atom is 0.211 e. The standard InChI is InChI=1S/C23H23Cl2N3O4S/c1-33(29,30)28-8-2-3-18(28)15-32-20-4-5-22-16(12-20)6-9-27(22)19-11-17(14-26)23(21(25)13-19)31-10-7-24/h4-6,9,11-13,18H,2-3,7-8,10,15H2,1H3/t18-/m1/s1. The summed E-state index contributed by atoms with van der Waals surface area (Å²) in [4.78, 5) is 0. The van der Waals surface area contributed by atoms with Crippen LogP contribution in [0.2, 0.25) is 5.02 Å². The second kappa shape index (κ2) is 9.82. The molecule has 0 unspecified atom stereocenters. The number of ether oxygens (including phenoxy) is 2. The Morgan fingerprint density at radius 3 is 2.76 bits per heavy atom. The summed E-state index contributed by atoms with van der Waals surface area (Å²) < 4.78 is 38.8. The van der Waals surface area contributed by atoms with Crippen LogP contribution in [0.5, 0.6) is 11.5 Å². The number of hydrogen-bond acceptors (Lipinski definition) is 5. The van der Waals surface area contributed by atoms with E-state index in [2.05, 4.69) is 6.07 Å². The molecule has 1 fully saturated rings. The molecule has 174 valence electrons. The summed E-state index contributed by atoms with van der Waals surface area (Å²) in [5.41, 5.74) is 1.97. The van der Waals surface area contributed by atoms with Crippen molar-refractivity contribution in [2.24, 2.45) is 0 Å². The summed E-state index contributed by atoms with van der Waals surface area (Å²) in [5, 5.41) is 10.8. The van der Waals surface area contributed by atoms with E-state index in [9.17, 15) is 13.7 Å². The van der Waals surface area contributed by atoms with Gasteiger partial charge in [-0.3, -0.25) is 0 Å². The largest absolute Gasteiger partial charge is 0.492 e. The van der Waals surface area contributed by atoms with Crippen molar-refractivity contribution in [3.8, 4) is 23.3 Å². The van der Waals surface area contributed by atoms with Gasteiger partial charge in [0, 0.05) is 23.8 Å². The molecule has 2 aromatic carbocycles. The van der Waals surface area contributed by atoms with E-state index >= 15 is 0 Å². The highest BCUT2D eigenvalue weighted by Gasteiger charge is 2.31. The number of hydrogen-bond donors (Lipinski definition) is 0. The Balaban J connectivity index is 1.56. The fourth-order valence-electron chi connectivity index (χ4n) is 4.13. The Labute approximate surface area is 203 Å². The summed E-state index contributed by atoms with van der Waals surface area (Å²) in [6, 6.07) is 13.1. The van der Waals surface area contributed by atoms with Crippen molar-refractivity contribution in [3.63, 3.8) is 0 Å². The Kier molecular flexibility index (Phi) is 7.05. The van der Waals surface area contributed by atoms with Crippen LogP contribution in [0, 0.1) is 11.3 Å². The number of halogens is 2. The van der Waals surface area contributed by atoms with E-state index in [-0.39, 0.29) is 12.6 Å². The first-order chi connectivity index (χ1) is 15.8. The second-order valence-corrected chi connectivity index (χ2v) is 10.6. The topological polar surface area (TPSA) is 84.6 Å². The molecule has 0 N–H and O–H groups in total. The Morgan fingerprint density at radius 2 is 2.03 bits per heavy atom. The molecule has 10 heteroatoms. The van der Waals surface area contributed by atoms with Gasteiger partial charge in [0.1, 0.15) is 25.0 Å². The monoisotopic (exact) mass is 507 g/mol. The molecule has 0 aliphatic carbocycles. The van der Waals surface area contributed by atoms with Crippen LogP contribution in [0.15, 0.2) is 42.6 Å². The lowest BCUT2D eigenvalue weighted by molar-refractivity contribution is 0.233. The van der Waals surface area contributed by atoms with E-state index in [4.69, 9.17) is 32.7 Å². The molecule has 1 aliphatic heterocycles. The second-order valence-electron chi connectivity index (χ2n) is 7.84. The van der Waals surface area contributed by atoms with Gasteiger partial charge in [-0.05, 0) is 49.2 Å². The van der Waals surface area contributed by atoms with Gasteiger partial charge in [-0.25, -0.2) is 8.42 Å². The minimum atomic E-state index is -3.24. The van der Waals surface area contributed by atoms with Gasteiger partial charge < -0.3 is 14.0 Å². The molecule has 0 spiro atoms. The van der Waals surface area contributed by atoms with Crippen LogP contribution in [-0.4, -0.2) is 55.2 Å². The summed E-state index contributed by atoms with van der Waals surface area (Å²) in [6.07, 6.45) is 4.76. The number of rotatable bonds is 8. The molecule has 0 bridgehead atoms. The van der Waals surface area contributed by atoms with Gasteiger partial charge in [-0.2, -0.15) is 9.57 Å². The molecular formula is C23H23Cl2N3O4S. The summed E-state index contributed by atoms with van der Waals surface area (Å²) in [6.45, 7) is 1.11. The minimum Gasteiger partial charge on any atom is -0.492 e. The number of benzene rings is 2. The first-order valence-electron chi connectivity index (χ1n) is 10.5. The summed E-state index contributed by atoms with van der Waals surface area (Å²) >= 11 is 12.1. The molecule has 0 amide bonds. The van der Waals surface area contributed by atoms with Gasteiger partial charge in [0.05, 0.1) is 34.3 Å². The van der Waals surface area contributed by atoms with Crippen molar-refractivity contribution in [2.75, 3.05) is 31.9 Å². The zero-order chi connectivity index (χ0) is 23.6. The van der Waals surface area contributed by atoms with E-state index in [1.165, 1.54) is 10.6 Å². The zero-order valence-electron chi connectivity index (χ0n) is 18.0. The highest BCUT2D eigenvalue weighted by molar-refractivity contribution is 7.88. The predicted molar refractivity (Wildman–Crippen MR) is 129 cm³/mol. The zero-order valence-corrected chi connectivity index (χ0v) is 20.3. The van der Waals surface area contributed by atoms with Crippen molar-refractivity contribution in [1.82, 2.24) is 8.87 Å². The van der Waals surface area contributed by atoms with Crippen LogP contribution in [0.25, 0.3) is 16.6 Å². The molecule has 1 aromatic heterocycles. The number of sulfonamides is 1. The predicted octanol–water partition coefficient (Wildman–Crippen LogP) is 4.58. The van der Waals surface area contributed by atoms with Crippen molar-refractivity contribution in [2.45, 2.75) is 18.9 Å². The first-order valence-corrected chi connectivity index (χ1v) is 13.2. The Morgan fingerprint density at radius 1 is 1.21 bits per heavy atom. The molecule has 4 rings (SSSR count). The van der Waals surface area contributed by atoms with Crippen molar-refractivity contribution < 1.29 is 17.9 Å². The molecule has 0 radical (unpaired) electrons. The lowest BCUT2D eigenvalue weighted by atomic mass is 10.2. The van der Waals surface area contributed by atoms with Gasteiger partial charge >= 0.3 is 0 Å². The van der Waals surface area contributed by atoms with Gasteiger partial charge in [0.25, 0.3) is 0 Å². The van der Waals surface area contributed by atoms with Crippen LogP contribution >= 0.6 is 23.2 Å². The van der Waals surface area contributed by atoms with Crippen LogP contribution in [0.4, 0.5) is 0 Å². The van der Waals surface area contributed by atoms with Gasteiger partial charge in [-0.15, -0.1) is 11.6 Å². The number of fused-ring (bicyclic) bond motifs is 1. The maximum absolute atomic E-state index is 11.9. The van der Waals surface area contributed by atoms with Crippen LogP contribution < -0.4 is 9.47 Å². The SMILES string of the molecule is CS(=O)(=O)N1CCC[C@@H]1COc1ccc2c(ccn2-c2cc(Cl)c(OCCCl)c(C#N)c2)c1. The third-order valence-corrected chi connectivity index (χ3v) is 7.37. The first kappa shape index (κ1) is 23.7. The molecule has 1 aliphatic rings. The normalized spacial score (nSPS) is 16.7. The molecule has 1 saturated heterocycles. The summed E-state index contributed by atoms with van der Waals surface area (Å²) in [7, 11) is -3.24. The van der Waals surface area contributed by atoms with Crippen LogP contribution in [0.1, 0.15) is 18.4 Å². The van der Waals surface area contributed by atoms with Gasteiger partial charge in [0.2, 0.25) is 10.0 Å². The highest BCUT2D eigenvalue weighted by Crippen LogP contribution is 2.33.